The quantitative estimate of drug-likeness (QED) is 0.457. The van der Waals surface area contributed by atoms with Gasteiger partial charge in [-0.05, 0) is 37.6 Å². The number of aromatic nitrogens is 5. The van der Waals surface area contributed by atoms with Gasteiger partial charge in [-0.15, -0.1) is 0 Å². The van der Waals surface area contributed by atoms with Crippen molar-refractivity contribution in [2.75, 3.05) is 6.54 Å². The van der Waals surface area contributed by atoms with E-state index in [4.69, 9.17) is 0 Å². The second-order valence-corrected chi connectivity index (χ2v) is 7.02. The Morgan fingerprint density at radius 2 is 1.97 bits per heavy atom. The number of halogens is 3. The van der Waals surface area contributed by atoms with Gasteiger partial charge in [-0.25, -0.2) is 14.6 Å². The largest absolute Gasteiger partial charge is 0.417 e. The summed E-state index contributed by atoms with van der Waals surface area (Å²) in [5, 5.41) is 6.93. The minimum absolute atomic E-state index is 0.203. The van der Waals surface area contributed by atoms with Crippen LogP contribution in [0, 0.1) is 6.92 Å². The fourth-order valence-corrected chi connectivity index (χ4v) is 3.22. The van der Waals surface area contributed by atoms with Crippen molar-refractivity contribution in [1.29, 1.82) is 0 Å². The lowest BCUT2D eigenvalue weighted by atomic mass is 10.2. The standard InChI is InChI=1S/C21H19F3N6O/c1-13-15(12-27-30(13)19-9-8-14(11-26-19)21(22,23)24)20(31)25-10-4-7-18-28-16-5-2-3-6-17(16)29-18/h2-3,5-6,8-9,11-12H,4,7,10H2,1H3,(H,25,31)(H,28,29). The van der Waals surface area contributed by atoms with Gasteiger partial charge in [-0.3, -0.25) is 4.79 Å². The fraction of sp³-hybridized carbons (Fsp3) is 0.238. The average molecular weight is 428 g/mol. The van der Waals surface area contributed by atoms with Crippen LogP contribution in [0.3, 0.4) is 0 Å². The van der Waals surface area contributed by atoms with E-state index in [-0.39, 0.29) is 11.7 Å². The normalized spacial score (nSPS) is 11.7. The zero-order valence-electron chi connectivity index (χ0n) is 16.6. The Morgan fingerprint density at radius 1 is 1.16 bits per heavy atom. The molecule has 3 aromatic heterocycles. The minimum Gasteiger partial charge on any atom is -0.352 e. The second kappa shape index (κ2) is 8.21. The molecular weight excluding hydrogens is 409 g/mol. The molecule has 0 unspecified atom stereocenters. The Labute approximate surface area is 175 Å². The lowest BCUT2D eigenvalue weighted by molar-refractivity contribution is -0.137. The predicted octanol–water partition coefficient (Wildman–Crippen LogP) is 3.83. The molecule has 31 heavy (non-hydrogen) atoms. The molecule has 0 bridgehead atoms. The van der Waals surface area contributed by atoms with Crippen molar-refractivity contribution in [2.45, 2.75) is 25.9 Å². The van der Waals surface area contributed by atoms with Crippen molar-refractivity contribution in [3.63, 3.8) is 0 Å². The highest BCUT2D eigenvalue weighted by atomic mass is 19.4. The molecule has 10 heteroatoms. The summed E-state index contributed by atoms with van der Waals surface area (Å²) in [6.45, 7) is 2.11. The number of nitrogens with zero attached hydrogens (tertiary/aromatic N) is 4. The van der Waals surface area contributed by atoms with E-state index in [2.05, 4.69) is 25.4 Å². The summed E-state index contributed by atoms with van der Waals surface area (Å²) >= 11 is 0. The number of hydrogen-bond donors (Lipinski definition) is 2. The van der Waals surface area contributed by atoms with Crippen molar-refractivity contribution in [3.05, 3.63) is 71.4 Å². The third-order valence-electron chi connectivity index (χ3n) is 4.86. The number of para-hydroxylation sites is 2. The highest BCUT2D eigenvalue weighted by Crippen LogP contribution is 2.28. The van der Waals surface area contributed by atoms with Crippen LogP contribution in [0.1, 0.15) is 33.9 Å². The SMILES string of the molecule is Cc1c(C(=O)NCCCc2nc3ccccc3[nH]2)cnn1-c1ccc(C(F)(F)F)cn1. The maximum absolute atomic E-state index is 12.7. The third-order valence-corrected chi connectivity index (χ3v) is 4.86. The third kappa shape index (κ3) is 4.42. The molecule has 0 aliphatic carbocycles. The monoisotopic (exact) mass is 428 g/mol. The number of imidazole rings is 1. The number of alkyl halides is 3. The molecule has 0 saturated carbocycles. The Bertz CT molecular complexity index is 1180. The lowest BCUT2D eigenvalue weighted by Crippen LogP contribution is -2.25. The van der Waals surface area contributed by atoms with Crippen LogP contribution in [0.2, 0.25) is 0 Å². The second-order valence-electron chi connectivity index (χ2n) is 7.02. The van der Waals surface area contributed by atoms with Crippen LogP contribution in [0.4, 0.5) is 13.2 Å². The number of aromatic amines is 1. The van der Waals surface area contributed by atoms with Gasteiger partial charge in [-0.2, -0.15) is 18.3 Å². The Balaban J connectivity index is 1.35. The molecule has 160 valence electrons. The number of aryl methyl sites for hydroxylation is 1. The van der Waals surface area contributed by atoms with Gasteiger partial charge in [0, 0.05) is 19.2 Å². The van der Waals surface area contributed by atoms with Crippen LogP contribution in [-0.4, -0.2) is 37.2 Å². The molecule has 2 N–H and O–H groups in total. The van der Waals surface area contributed by atoms with E-state index in [1.807, 2.05) is 24.3 Å². The van der Waals surface area contributed by atoms with Gasteiger partial charge in [0.25, 0.3) is 5.91 Å². The van der Waals surface area contributed by atoms with Crippen LogP contribution < -0.4 is 5.32 Å². The molecule has 0 aliphatic rings. The smallest absolute Gasteiger partial charge is 0.352 e. The van der Waals surface area contributed by atoms with Gasteiger partial charge in [0.2, 0.25) is 0 Å². The molecule has 4 rings (SSSR count). The first kappa shape index (κ1) is 20.6. The van der Waals surface area contributed by atoms with E-state index < -0.39 is 11.7 Å². The molecule has 0 spiro atoms. The van der Waals surface area contributed by atoms with Crippen LogP contribution >= 0.6 is 0 Å². The minimum atomic E-state index is -4.46. The first-order valence-electron chi connectivity index (χ1n) is 9.63. The van der Waals surface area contributed by atoms with E-state index in [1.165, 1.54) is 16.9 Å². The first-order chi connectivity index (χ1) is 14.8. The summed E-state index contributed by atoms with van der Waals surface area (Å²) in [5.74, 6) is 0.752. The van der Waals surface area contributed by atoms with Gasteiger partial charge < -0.3 is 10.3 Å². The molecule has 7 nitrogen and oxygen atoms in total. The average Bonchev–Trinajstić information content (AvgIpc) is 3.33. The molecular formula is C21H19F3N6O. The van der Waals surface area contributed by atoms with Crippen molar-refractivity contribution >= 4 is 16.9 Å². The molecule has 0 saturated heterocycles. The van der Waals surface area contributed by atoms with Gasteiger partial charge in [0.1, 0.15) is 5.82 Å². The highest BCUT2D eigenvalue weighted by molar-refractivity contribution is 5.95. The summed E-state index contributed by atoms with van der Waals surface area (Å²) in [5.41, 5.74) is 1.86. The van der Waals surface area contributed by atoms with E-state index in [0.717, 1.165) is 29.1 Å². The summed E-state index contributed by atoms with van der Waals surface area (Å²) in [6, 6.07) is 9.91. The zero-order valence-corrected chi connectivity index (χ0v) is 16.6. The van der Waals surface area contributed by atoms with Crippen LogP contribution in [0.15, 0.2) is 48.8 Å². The number of pyridine rings is 1. The molecule has 0 aliphatic heterocycles. The van der Waals surface area contributed by atoms with E-state index in [9.17, 15) is 18.0 Å². The van der Waals surface area contributed by atoms with Gasteiger partial charge >= 0.3 is 6.18 Å². The summed E-state index contributed by atoms with van der Waals surface area (Å²) < 4.78 is 39.4. The Morgan fingerprint density at radius 3 is 2.68 bits per heavy atom. The van der Waals surface area contributed by atoms with Gasteiger partial charge in [-0.1, -0.05) is 12.1 Å². The molecule has 0 atom stereocenters. The van der Waals surface area contributed by atoms with Crippen molar-refractivity contribution < 1.29 is 18.0 Å². The number of nitrogens with one attached hydrogen (secondary N) is 2. The predicted molar refractivity (Wildman–Crippen MR) is 108 cm³/mol. The topological polar surface area (TPSA) is 88.5 Å². The molecule has 1 aromatic carbocycles. The number of carbonyl (C=O) groups excluding carboxylic acids is 1. The van der Waals surface area contributed by atoms with Crippen molar-refractivity contribution in [3.8, 4) is 5.82 Å². The van der Waals surface area contributed by atoms with E-state index in [0.29, 0.717) is 30.6 Å². The van der Waals surface area contributed by atoms with E-state index >= 15 is 0 Å². The van der Waals surface area contributed by atoms with Crippen LogP contribution in [0.25, 0.3) is 16.9 Å². The number of carbonyl (C=O) groups is 1. The maximum atomic E-state index is 12.7. The molecule has 0 fully saturated rings. The molecule has 1 amide bonds. The lowest BCUT2D eigenvalue weighted by Gasteiger charge is -2.08. The highest BCUT2D eigenvalue weighted by Gasteiger charge is 2.30. The number of benzene rings is 1. The van der Waals surface area contributed by atoms with Gasteiger partial charge in [0.15, 0.2) is 5.82 Å². The number of rotatable bonds is 6. The number of amides is 1. The van der Waals surface area contributed by atoms with Crippen molar-refractivity contribution in [1.82, 2.24) is 30.0 Å². The van der Waals surface area contributed by atoms with Crippen LogP contribution in [-0.2, 0) is 12.6 Å². The maximum Gasteiger partial charge on any atom is 0.417 e. The molecule has 0 radical (unpaired) electrons. The summed E-state index contributed by atoms with van der Waals surface area (Å²) in [7, 11) is 0. The van der Waals surface area contributed by atoms with Crippen molar-refractivity contribution in [2.24, 2.45) is 0 Å². The number of hydrogen-bond acceptors (Lipinski definition) is 4. The van der Waals surface area contributed by atoms with E-state index in [1.54, 1.807) is 6.92 Å². The Kier molecular flexibility index (Phi) is 5.45. The molecule has 4 aromatic rings. The zero-order chi connectivity index (χ0) is 22.0. The summed E-state index contributed by atoms with van der Waals surface area (Å²) in [6.07, 6.45) is -0.961. The number of H-pyrrole nitrogens is 1. The van der Waals surface area contributed by atoms with Crippen LogP contribution in [0.5, 0.6) is 0 Å². The molecule has 3 heterocycles. The number of fused-ring (bicyclic) bond motifs is 1. The first-order valence-corrected chi connectivity index (χ1v) is 9.63. The summed E-state index contributed by atoms with van der Waals surface area (Å²) in [4.78, 5) is 24.1. The fourth-order valence-electron chi connectivity index (χ4n) is 3.22. The Hall–Kier alpha value is -3.69. The van der Waals surface area contributed by atoms with Gasteiger partial charge in [0.05, 0.1) is 34.1 Å².